The number of ether oxygens (including phenoxy) is 1. The van der Waals surface area contributed by atoms with Crippen molar-refractivity contribution in [3.8, 4) is 5.75 Å². The number of nitro groups is 1. The van der Waals surface area contributed by atoms with Crippen molar-refractivity contribution >= 4 is 64.4 Å². The Morgan fingerprint density at radius 2 is 1.75 bits per heavy atom. The molecule has 0 radical (unpaired) electrons. The standard InChI is InChI=1S/C19H12Cl2N4O7/c20-13-6-9(7-14(21)16(13)32-8-15(22)26)5-12-17(27)23-19(29)24(18(12)28)10-1-3-11(4-2-10)25(30)31/h1-7H,8H2,(H2,22,26)(H,23,27,29)/b12-5+. The molecule has 0 unspecified atom stereocenters. The molecule has 0 bridgehead atoms. The fourth-order valence-corrected chi connectivity index (χ4v) is 3.34. The number of rotatable bonds is 6. The van der Waals surface area contributed by atoms with Crippen LogP contribution >= 0.6 is 23.2 Å². The highest BCUT2D eigenvalue weighted by molar-refractivity contribution is 6.40. The lowest BCUT2D eigenvalue weighted by Gasteiger charge is -2.26. The third kappa shape index (κ3) is 4.68. The molecule has 0 saturated carbocycles. The molecule has 0 aromatic heterocycles. The van der Waals surface area contributed by atoms with E-state index in [1.165, 1.54) is 24.3 Å². The van der Waals surface area contributed by atoms with E-state index in [2.05, 4.69) is 0 Å². The molecule has 13 heteroatoms. The van der Waals surface area contributed by atoms with Crippen LogP contribution in [0, 0.1) is 10.1 Å². The number of benzene rings is 2. The smallest absolute Gasteiger partial charge is 0.335 e. The second kappa shape index (κ2) is 9.04. The molecule has 1 fully saturated rings. The largest absolute Gasteiger partial charge is 0.481 e. The molecular weight excluding hydrogens is 467 g/mol. The van der Waals surface area contributed by atoms with Gasteiger partial charge < -0.3 is 10.5 Å². The number of non-ortho nitro benzene ring substituents is 1. The van der Waals surface area contributed by atoms with E-state index in [9.17, 15) is 29.3 Å². The molecule has 0 spiro atoms. The predicted molar refractivity (Wildman–Crippen MR) is 113 cm³/mol. The maximum absolute atomic E-state index is 12.9. The predicted octanol–water partition coefficient (Wildman–Crippen LogP) is 2.43. The average molecular weight is 479 g/mol. The number of amides is 5. The molecule has 3 N–H and O–H groups in total. The summed E-state index contributed by atoms with van der Waals surface area (Å²) in [6, 6.07) is 6.24. The van der Waals surface area contributed by atoms with Gasteiger partial charge in [0, 0.05) is 12.1 Å². The number of carbonyl (C=O) groups excluding carboxylic acids is 4. The number of nitrogens with two attached hydrogens (primary N) is 1. The van der Waals surface area contributed by atoms with Crippen LogP contribution in [0.15, 0.2) is 42.0 Å². The number of hydrogen-bond donors (Lipinski definition) is 2. The summed E-state index contributed by atoms with van der Waals surface area (Å²) < 4.78 is 5.13. The first kappa shape index (κ1) is 22.7. The Kier molecular flexibility index (Phi) is 6.42. The highest BCUT2D eigenvalue weighted by atomic mass is 35.5. The highest BCUT2D eigenvalue weighted by Crippen LogP contribution is 2.35. The number of nitrogens with zero attached hydrogens (tertiary/aromatic N) is 2. The summed E-state index contributed by atoms with van der Waals surface area (Å²) in [5.74, 6) is -2.69. The van der Waals surface area contributed by atoms with Gasteiger partial charge in [0.05, 0.1) is 20.7 Å². The minimum absolute atomic E-state index is 0.0161. The first-order valence-corrected chi connectivity index (χ1v) is 9.40. The molecule has 5 amide bonds. The molecule has 1 heterocycles. The van der Waals surface area contributed by atoms with Gasteiger partial charge in [0.2, 0.25) is 0 Å². The van der Waals surface area contributed by atoms with Crippen LogP contribution in [0.25, 0.3) is 6.08 Å². The van der Waals surface area contributed by atoms with Crippen LogP contribution in [0.1, 0.15) is 5.56 Å². The van der Waals surface area contributed by atoms with Crippen molar-refractivity contribution < 1.29 is 28.8 Å². The Morgan fingerprint density at radius 3 is 2.28 bits per heavy atom. The van der Waals surface area contributed by atoms with Gasteiger partial charge in [-0.15, -0.1) is 0 Å². The number of anilines is 1. The SMILES string of the molecule is NC(=O)COc1c(Cl)cc(/C=C2\C(=O)NC(=O)N(c3ccc([N+](=O)[O-])cc3)C2=O)cc1Cl. The molecule has 2 aromatic carbocycles. The Balaban J connectivity index is 1.95. The fourth-order valence-electron chi connectivity index (χ4n) is 2.73. The van der Waals surface area contributed by atoms with Crippen LogP contribution in [0.2, 0.25) is 10.0 Å². The van der Waals surface area contributed by atoms with Crippen LogP contribution in [0.3, 0.4) is 0 Å². The zero-order valence-corrected chi connectivity index (χ0v) is 17.3. The van der Waals surface area contributed by atoms with Crippen molar-refractivity contribution in [3.63, 3.8) is 0 Å². The summed E-state index contributed by atoms with van der Waals surface area (Å²) in [5, 5.41) is 12.8. The summed E-state index contributed by atoms with van der Waals surface area (Å²) >= 11 is 12.2. The summed E-state index contributed by atoms with van der Waals surface area (Å²) in [4.78, 5) is 59.1. The van der Waals surface area contributed by atoms with E-state index in [0.717, 1.165) is 18.2 Å². The lowest BCUT2D eigenvalue weighted by atomic mass is 10.1. The molecule has 0 atom stereocenters. The minimum atomic E-state index is -1.02. The van der Waals surface area contributed by atoms with Crippen molar-refractivity contribution in [1.82, 2.24) is 5.32 Å². The number of nitrogens with one attached hydrogen (secondary N) is 1. The highest BCUT2D eigenvalue weighted by Gasteiger charge is 2.37. The zero-order valence-electron chi connectivity index (χ0n) is 15.8. The van der Waals surface area contributed by atoms with Gasteiger partial charge in [0.1, 0.15) is 5.57 Å². The van der Waals surface area contributed by atoms with Gasteiger partial charge in [-0.05, 0) is 35.9 Å². The quantitative estimate of drug-likeness (QED) is 0.278. The van der Waals surface area contributed by atoms with Crippen molar-refractivity contribution in [2.75, 3.05) is 11.5 Å². The summed E-state index contributed by atoms with van der Waals surface area (Å²) in [5.41, 5.74) is 4.60. The van der Waals surface area contributed by atoms with E-state index >= 15 is 0 Å². The zero-order chi connectivity index (χ0) is 23.6. The first-order chi connectivity index (χ1) is 15.1. The maximum atomic E-state index is 12.9. The Hall–Kier alpha value is -3.96. The third-order valence-corrected chi connectivity index (χ3v) is 4.67. The molecule has 3 rings (SSSR count). The number of halogens is 2. The minimum Gasteiger partial charge on any atom is -0.481 e. The third-order valence-electron chi connectivity index (χ3n) is 4.11. The van der Waals surface area contributed by atoms with E-state index in [1.807, 2.05) is 5.32 Å². The number of barbiturate groups is 1. The monoisotopic (exact) mass is 478 g/mol. The number of nitro benzene ring substituents is 1. The number of imide groups is 2. The summed E-state index contributed by atoms with van der Waals surface area (Å²) in [7, 11) is 0. The number of hydrogen-bond acceptors (Lipinski definition) is 7. The summed E-state index contributed by atoms with van der Waals surface area (Å²) in [6.45, 7) is -0.465. The molecule has 164 valence electrons. The van der Waals surface area contributed by atoms with Crippen LogP contribution < -0.4 is 20.7 Å². The maximum Gasteiger partial charge on any atom is 0.335 e. The van der Waals surface area contributed by atoms with Crippen LogP contribution in [0.5, 0.6) is 5.75 Å². The molecule has 0 aliphatic carbocycles. The van der Waals surface area contributed by atoms with Crippen molar-refractivity contribution in [2.24, 2.45) is 5.73 Å². The molecule has 1 aliphatic rings. The number of carbonyl (C=O) groups is 4. The second-order valence-corrected chi connectivity index (χ2v) is 7.11. The Labute approximate surface area is 189 Å². The van der Waals surface area contributed by atoms with Crippen molar-refractivity contribution in [3.05, 3.63) is 67.7 Å². The fraction of sp³-hybridized carbons (Fsp3) is 0.0526. The Bertz CT molecular complexity index is 1170. The van der Waals surface area contributed by atoms with Crippen molar-refractivity contribution in [2.45, 2.75) is 0 Å². The normalized spacial score (nSPS) is 15.0. The molecule has 1 saturated heterocycles. The molecule has 32 heavy (non-hydrogen) atoms. The molecule has 11 nitrogen and oxygen atoms in total. The van der Waals surface area contributed by atoms with Crippen LogP contribution in [0.4, 0.5) is 16.2 Å². The van der Waals surface area contributed by atoms with Gasteiger partial charge >= 0.3 is 6.03 Å². The van der Waals surface area contributed by atoms with Crippen LogP contribution in [-0.2, 0) is 14.4 Å². The Morgan fingerprint density at radius 1 is 1.16 bits per heavy atom. The van der Waals surface area contributed by atoms with E-state index in [0.29, 0.717) is 4.90 Å². The van der Waals surface area contributed by atoms with Gasteiger partial charge in [0.15, 0.2) is 12.4 Å². The van der Waals surface area contributed by atoms with Gasteiger partial charge in [-0.3, -0.25) is 29.8 Å². The molecule has 1 aliphatic heterocycles. The van der Waals surface area contributed by atoms with Crippen molar-refractivity contribution in [1.29, 1.82) is 0 Å². The number of urea groups is 1. The molecular formula is C19H12Cl2N4O7. The van der Waals surface area contributed by atoms with E-state index < -0.39 is 40.9 Å². The van der Waals surface area contributed by atoms with E-state index in [1.54, 1.807) is 0 Å². The van der Waals surface area contributed by atoms with Gasteiger partial charge in [0.25, 0.3) is 23.4 Å². The van der Waals surface area contributed by atoms with Gasteiger partial charge in [-0.2, -0.15) is 0 Å². The van der Waals surface area contributed by atoms with E-state index in [-0.39, 0.29) is 32.7 Å². The average Bonchev–Trinajstić information content (AvgIpc) is 2.70. The lowest BCUT2D eigenvalue weighted by molar-refractivity contribution is -0.384. The van der Waals surface area contributed by atoms with Gasteiger partial charge in [-0.25, -0.2) is 9.69 Å². The van der Waals surface area contributed by atoms with Crippen LogP contribution in [-0.4, -0.2) is 35.3 Å². The second-order valence-electron chi connectivity index (χ2n) is 6.30. The molecule has 2 aromatic rings. The lowest BCUT2D eigenvalue weighted by Crippen LogP contribution is -2.54. The van der Waals surface area contributed by atoms with Gasteiger partial charge in [-0.1, -0.05) is 23.2 Å². The topological polar surface area (TPSA) is 162 Å². The summed E-state index contributed by atoms with van der Waals surface area (Å²) in [6.07, 6.45) is 1.15. The van der Waals surface area contributed by atoms with E-state index in [4.69, 9.17) is 33.7 Å². The number of primary amides is 1. The first-order valence-electron chi connectivity index (χ1n) is 8.64.